The summed E-state index contributed by atoms with van der Waals surface area (Å²) in [6, 6.07) is 10.2. The van der Waals surface area contributed by atoms with Gasteiger partial charge in [-0.05, 0) is 82.2 Å². The summed E-state index contributed by atoms with van der Waals surface area (Å²) >= 11 is 0. The summed E-state index contributed by atoms with van der Waals surface area (Å²) in [6.45, 7) is 13.2. The SMILES string of the molecule is CCOC(=O)c1cccc2c1n1c([n+]2CC)C(=CC=C2Oc3cc(C)c(C)cc3N2CC)CC1. The van der Waals surface area contributed by atoms with Gasteiger partial charge >= 0.3 is 5.97 Å². The molecule has 6 heteroatoms. The molecule has 0 fully saturated rings. The van der Waals surface area contributed by atoms with Gasteiger partial charge in [-0.15, -0.1) is 0 Å². The van der Waals surface area contributed by atoms with Crippen LogP contribution in [0.25, 0.3) is 16.6 Å². The van der Waals surface area contributed by atoms with E-state index < -0.39 is 0 Å². The molecule has 0 bridgehead atoms. The van der Waals surface area contributed by atoms with E-state index in [2.05, 4.69) is 72.1 Å². The predicted molar refractivity (Wildman–Crippen MR) is 134 cm³/mol. The topological polar surface area (TPSA) is 47.6 Å². The molecular weight excluding hydrogens is 426 g/mol. The third-order valence-electron chi connectivity index (χ3n) is 6.88. The number of carbonyl (C=O) groups is 1. The average Bonchev–Trinajstić information content (AvgIpc) is 3.48. The molecule has 0 N–H and O–H groups in total. The highest BCUT2D eigenvalue weighted by atomic mass is 16.5. The molecule has 0 radical (unpaired) electrons. The van der Waals surface area contributed by atoms with Crippen LogP contribution in [-0.2, 0) is 17.8 Å². The van der Waals surface area contributed by atoms with E-state index in [0.29, 0.717) is 12.2 Å². The lowest BCUT2D eigenvalue weighted by atomic mass is 10.1. The maximum atomic E-state index is 12.7. The fourth-order valence-electron chi connectivity index (χ4n) is 5.13. The normalized spacial score (nSPS) is 16.9. The molecule has 2 aliphatic rings. The number of aryl methyl sites for hydroxylation is 4. The van der Waals surface area contributed by atoms with Crippen molar-refractivity contribution in [2.45, 2.75) is 54.1 Å². The van der Waals surface area contributed by atoms with E-state index in [-0.39, 0.29) is 5.97 Å². The molecule has 0 saturated carbocycles. The predicted octanol–water partition coefficient (Wildman–Crippen LogP) is 5.29. The third-order valence-corrected chi connectivity index (χ3v) is 6.88. The van der Waals surface area contributed by atoms with Crippen LogP contribution in [-0.4, -0.2) is 23.7 Å². The van der Waals surface area contributed by atoms with Gasteiger partial charge < -0.3 is 14.4 Å². The number of benzene rings is 2. The molecule has 0 aliphatic carbocycles. The molecule has 176 valence electrons. The number of para-hydroxylation sites is 1. The molecular formula is C28H32N3O3+. The molecule has 0 atom stereocenters. The number of ether oxygens (including phenoxy) is 2. The minimum atomic E-state index is -0.266. The highest BCUT2D eigenvalue weighted by Gasteiger charge is 2.35. The van der Waals surface area contributed by atoms with Crippen LogP contribution in [0.2, 0.25) is 0 Å². The number of hydrogen-bond donors (Lipinski definition) is 0. The number of rotatable bonds is 5. The molecule has 2 aromatic carbocycles. The second-order valence-corrected chi connectivity index (χ2v) is 8.81. The van der Waals surface area contributed by atoms with Crippen molar-refractivity contribution in [2.75, 3.05) is 18.1 Å². The van der Waals surface area contributed by atoms with E-state index in [9.17, 15) is 4.79 Å². The zero-order chi connectivity index (χ0) is 24.0. The van der Waals surface area contributed by atoms with Gasteiger partial charge in [-0.1, -0.05) is 6.07 Å². The molecule has 34 heavy (non-hydrogen) atoms. The lowest BCUT2D eigenvalue weighted by molar-refractivity contribution is -0.670. The van der Waals surface area contributed by atoms with Crippen LogP contribution < -0.4 is 14.2 Å². The first kappa shape index (κ1) is 22.3. The number of esters is 1. The van der Waals surface area contributed by atoms with Gasteiger partial charge in [0, 0.05) is 18.5 Å². The zero-order valence-electron chi connectivity index (χ0n) is 20.6. The van der Waals surface area contributed by atoms with Gasteiger partial charge in [0.05, 0.1) is 25.4 Å². The van der Waals surface area contributed by atoms with Crippen LogP contribution in [0.15, 0.2) is 48.4 Å². The monoisotopic (exact) mass is 458 g/mol. The highest BCUT2D eigenvalue weighted by Crippen LogP contribution is 2.41. The van der Waals surface area contributed by atoms with Crippen molar-refractivity contribution < 1.29 is 18.8 Å². The number of anilines is 1. The Labute approximate surface area is 200 Å². The van der Waals surface area contributed by atoms with Gasteiger partial charge in [-0.2, -0.15) is 0 Å². The number of allylic oxidation sites excluding steroid dienone is 3. The summed E-state index contributed by atoms with van der Waals surface area (Å²) in [5.41, 5.74) is 7.51. The Morgan fingerprint density at radius 1 is 1.15 bits per heavy atom. The van der Waals surface area contributed by atoms with E-state index in [4.69, 9.17) is 9.47 Å². The quantitative estimate of drug-likeness (QED) is 0.385. The Balaban J connectivity index is 1.58. The van der Waals surface area contributed by atoms with Gasteiger partial charge in [0.1, 0.15) is 5.56 Å². The molecule has 0 saturated heterocycles. The second-order valence-electron chi connectivity index (χ2n) is 8.81. The van der Waals surface area contributed by atoms with E-state index in [1.807, 2.05) is 19.1 Å². The third kappa shape index (κ3) is 3.40. The first-order valence-electron chi connectivity index (χ1n) is 12.2. The van der Waals surface area contributed by atoms with Gasteiger partial charge in [0.25, 0.3) is 5.82 Å². The van der Waals surface area contributed by atoms with Crippen molar-refractivity contribution in [1.82, 2.24) is 4.57 Å². The number of fused-ring (bicyclic) bond motifs is 4. The van der Waals surface area contributed by atoms with Crippen LogP contribution in [0.5, 0.6) is 5.75 Å². The maximum absolute atomic E-state index is 12.7. The van der Waals surface area contributed by atoms with Crippen molar-refractivity contribution in [1.29, 1.82) is 0 Å². The Morgan fingerprint density at radius 3 is 2.68 bits per heavy atom. The summed E-state index contributed by atoms with van der Waals surface area (Å²) in [5, 5.41) is 0. The Hall–Kier alpha value is -3.54. The summed E-state index contributed by atoms with van der Waals surface area (Å²) in [7, 11) is 0. The van der Waals surface area contributed by atoms with Gasteiger partial charge in [-0.25, -0.2) is 13.9 Å². The van der Waals surface area contributed by atoms with Crippen molar-refractivity contribution in [3.63, 3.8) is 0 Å². The summed E-state index contributed by atoms with van der Waals surface area (Å²) < 4.78 is 16.2. The standard InChI is InChI=1S/C28H32N3O3/c1-6-29-23-16-18(4)19(5)17-24(23)34-25(29)13-12-20-14-15-31-26-21(28(32)33-8-3)10-9-11-22(26)30(7-2)27(20)31/h9-13,16-17H,6-8,14-15H2,1-5H3/q+1. The van der Waals surface area contributed by atoms with Crippen LogP contribution in [0, 0.1) is 13.8 Å². The van der Waals surface area contributed by atoms with Crippen LogP contribution in [0.4, 0.5) is 5.69 Å². The number of nitrogens with zero attached hydrogens (tertiary/aromatic N) is 3. The molecule has 5 rings (SSSR count). The number of hydrogen-bond acceptors (Lipinski definition) is 4. The molecule has 0 amide bonds. The fraction of sp³-hybridized carbons (Fsp3) is 0.357. The second kappa shape index (κ2) is 8.67. The first-order chi connectivity index (χ1) is 16.5. The molecule has 3 aromatic rings. The van der Waals surface area contributed by atoms with Gasteiger partial charge in [0.2, 0.25) is 5.88 Å². The summed E-state index contributed by atoms with van der Waals surface area (Å²) in [6.07, 6.45) is 5.17. The van der Waals surface area contributed by atoms with Crippen LogP contribution >= 0.6 is 0 Å². The largest absolute Gasteiger partial charge is 0.462 e. The van der Waals surface area contributed by atoms with E-state index in [0.717, 1.165) is 60.2 Å². The smallest absolute Gasteiger partial charge is 0.342 e. The molecule has 1 aromatic heterocycles. The summed E-state index contributed by atoms with van der Waals surface area (Å²) in [4.78, 5) is 14.9. The number of aromatic nitrogens is 2. The van der Waals surface area contributed by atoms with Crippen molar-refractivity contribution in [3.8, 4) is 5.75 Å². The Kier molecular flexibility index (Phi) is 5.68. The number of imidazole rings is 1. The van der Waals surface area contributed by atoms with E-state index in [1.54, 1.807) is 0 Å². The zero-order valence-corrected chi connectivity index (χ0v) is 20.6. The van der Waals surface area contributed by atoms with Crippen molar-refractivity contribution in [3.05, 3.63) is 70.9 Å². The average molecular weight is 459 g/mol. The summed E-state index contributed by atoms with van der Waals surface area (Å²) in [5.74, 6) is 2.64. The maximum Gasteiger partial charge on any atom is 0.342 e. The fourth-order valence-corrected chi connectivity index (χ4v) is 5.13. The van der Waals surface area contributed by atoms with Crippen molar-refractivity contribution >= 4 is 28.3 Å². The van der Waals surface area contributed by atoms with Gasteiger partial charge in [-0.3, -0.25) is 0 Å². The van der Waals surface area contributed by atoms with Crippen LogP contribution in [0.3, 0.4) is 0 Å². The Morgan fingerprint density at radius 2 is 1.94 bits per heavy atom. The molecule has 2 aliphatic heterocycles. The number of carbonyl (C=O) groups excluding carboxylic acids is 1. The minimum absolute atomic E-state index is 0.266. The molecule has 6 nitrogen and oxygen atoms in total. The van der Waals surface area contributed by atoms with E-state index in [1.165, 1.54) is 16.7 Å². The van der Waals surface area contributed by atoms with Crippen molar-refractivity contribution in [2.24, 2.45) is 0 Å². The lowest BCUT2D eigenvalue weighted by Gasteiger charge is -2.15. The lowest BCUT2D eigenvalue weighted by Crippen LogP contribution is -2.35. The Bertz CT molecular complexity index is 1360. The van der Waals surface area contributed by atoms with E-state index >= 15 is 0 Å². The van der Waals surface area contributed by atoms with Gasteiger partial charge in [0.15, 0.2) is 16.8 Å². The molecule has 0 spiro atoms. The minimum Gasteiger partial charge on any atom is -0.462 e. The first-order valence-corrected chi connectivity index (χ1v) is 12.2. The highest BCUT2D eigenvalue weighted by molar-refractivity contribution is 6.02. The molecule has 0 unspecified atom stereocenters. The molecule has 3 heterocycles. The van der Waals surface area contributed by atoms with Crippen LogP contribution in [0.1, 0.15) is 54.5 Å².